The number of aliphatic carboxylic acids is 1. The van der Waals surface area contributed by atoms with Gasteiger partial charge in [0.1, 0.15) is 0 Å². The minimum Gasteiger partial charge on any atom is -0.481 e. The van der Waals surface area contributed by atoms with Crippen LogP contribution < -0.4 is 0 Å². The van der Waals surface area contributed by atoms with Gasteiger partial charge in [0.25, 0.3) is 0 Å². The molecule has 1 heterocycles. The quantitative estimate of drug-likeness (QED) is 0.798. The highest BCUT2D eigenvalue weighted by atomic mass is 16.4. The van der Waals surface area contributed by atoms with Crippen LogP contribution in [0.1, 0.15) is 70.6 Å². The molecule has 0 radical (unpaired) electrons. The molecule has 1 aliphatic heterocycles. The van der Waals surface area contributed by atoms with E-state index in [-0.39, 0.29) is 23.7 Å². The summed E-state index contributed by atoms with van der Waals surface area (Å²) in [6.45, 7) is 2.51. The van der Waals surface area contributed by atoms with E-state index in [1.54, 1.807) is 0 Å². The van der Waals surface area contributed by atoms with Crippen LogP contribution in [0.4, 0.5) is 0 Å². The molecule has 0 bridgehead atoms. The number of carboxylic acid groups (broad SMARTS) is 1. The first kappa shape index (κ1) is 20.2. The third kappa shape index (κ3) is 5.45. The normalized spacial score (nSPS) is 27.4. The zero-order chi connectivity index (χ0) is 19.2. The van der Waals surface area contributed by atoms with Crippen molar-refractivity contribution in [3.63, 3.8) is 0 Å². The van der Waals surface area contributed by atoms with Gasteiger partial charge in [0.05, 0.1) is 5.92 Å². The van der Waals surface area contributed by atoms with Crippen molar-refractivity contribution in [2.45, 2.75) is 70.6 Å². The summed E-state index contributed by atoms with van der Waals surface area (Å²) in [5.74, 6) is 0.0809. The molecule has 6 nitrogen and oxygen atoms in total. The fraction of sp³-hybridized carbons (Fsp3) is 0.857. The Kier molecular flexibility index (Phi) is 7.13. The molecule has 2 amide bonds. The van der Waals surface area contributed by atoms with Crippen molar-refractivity contribution < 1.29 is 19.5 Å². The minimum absolute atomic E-state index is 0.0332. The van der Waals surface area contributed by atoms with Gasteiger partial charge in [-0.15, -0.1) is 0 Å². The second-order valence-electron chi connectivity index (χ2n) is 8.64. The molecule has 3 rings (SSSR count). The summed E-state index contributed by atoms with van der Waals surface area (Å²) in [5, 5.41) is 9.09. The Labute approximate surface area is 162 Å². The Morgan fingerprint density at radius 1 is 0.741 bits per heavy atom. The molecule has 0 spiro atoms. The van der Waals surface area contributed by atoms with Crippen LogP contribution in [0, 0.1) is 17.8 Å². The third-order valence-corrected chi connectivity index (χ3v) is 6.86. The number of piperazine rings is 1. The van der Waals surface area contributed by atoms with Gasteiger partial charge in [0.15, 0.2) is 0 Å². The molecule has 0 aromatic carbocycles. The minimum atomic E-state index is -0.735. The summed E-state index contributed by atoms with van der Waals surface area (Å²) in [5.41, 5.74) is 0. The molecule has 3 fully saturated rings. The summed E-state index contributed by atoms with van der Waals surface area (Å²) in [7, 11) is 0. The molecule has 0 aromatic heterocycles. The smallest absolute Gasteiger partial charge is 0.306 e. The number of carboxylic acids is 1. The molecule has 1 saturated heterocycles. The summed E-state index contributed by atoms with van der Waals surface area (Å²) >= 11 is 0. The van der Waals surface area contributed by atoms with Crippen molar-refractivity contribution in [1.82, 2.24) is 9.80 Å². The van der Waals surface area contributed by atoms with Gasteiger partial charge in [-0.1, -0.05) is 32.1 Å². The van der Waals surface area contributed by atoms with E-state index in [0.29, 0.717) is 58.3 Å². The first-order chi connectivity index (χ1) is 13.0. The maximum absolute atomic E-state index is 12.7. The SMILES string of the molecule is O=C(O)C1CCC(C(=O)N2CCN(C(=O)CCC3CCCCC3)CC2)CC1. The standard InChI is InChI=1S/C21H34N2O4/c24-19(11-6-16-4-2-1-3-5-16)22-12-14-23(15-13-22)20(25)17-7-9-18(10-8-17)21(26)27/h16-18H,1-15H2,(H,26,27). The first-order valence-corrected chi connectivity index (χ1v) is 10.8. The van der Waals surface area contributed by atoms with E-state index in [1.807, 2.05) is 9.80 Å². The van der Waals surface area contributed by atoms with Gasteiger partial charge in [0.2, 0.25) is 11.8 Å². The van der Waals surface area contributed by atoms with Crippen LogP contribution in [-0.2, 0) is 14.4 Å². The summed E-state index contributed by atoms with van der Waals surface area (Å²) < 4.78 is 0. The Bertz CT molecular complexity index is 528. The lowest BCUT2D eigenvalue weighted by Crippen LogP contribution is -2.52. The highest BCUT2D eigenvalue weighted by Gasteiger charge is 2.33. The molecule has 0 atom stereocenters. The third-order valence-electron chi connectivity index (χ3n) is 6.86. The Hall–Kier alpha value is -1.59. The maximum Gasteiger partial charge on any atom is 0.306 e. The topological polar surface area (TPSA) is 77.9 Å². The van der Waals surface area contributed by atoms with Crippen LogP contribution in [0.25, 0.3) is 0 Å². The summed E-state index contributed by atoms with van der Waals surface area (Å²) in [4.78, 5) is 40.1. The van der Waals surface area contributed by atoms with Gasteiger partial charge >= 0.3 is 5.97 Å². The van der Waals surface area contributed by atoms with Crippen LogP contribution in [0.15, 0.2) is 0 Å². The molecule has 27 heavy (non-hydrogen) atoms. The molecule has 2 saturated carbocycles. The highest BCUT2D eigenvalue weighted by Crippen LogP contribution is 2.31. The molecule has 0 unspecified atom stereocenters. The van der Waals surface area contributed by atoms with Crippen molar-refractivity contribution in [2.75, 3.05) is 26.2 Å². The fourth-order valence-electron chi connectivity index (χ4n) is 4.98. The molecule has 152 valence electrons. The van der Waals surface area contributed by atoms with Crippen molar-refractivity contribution in [3.05, 3.63) is 0 Å². The molecule has 0 aromatic rings. The first-order valence-electron chi connectivity index (χ1n) is 10.8. The van der Waals surface area contributed by atoms with Gasteiger partial charge < -0.3 is 14.9 Å². The lowest BCUT2D eigenvalue weighted by molar-refractivity contribution is -0.147. The van der Waals surface area contributed by atoms with Gasteiger partial charge in [-0.25, -0.2) is 0 Å². The van der Waals surface area contributed by atoms with Crippen molar-refractivity contribution >= 4 is 17.8 Å². The average Bonchev–Trinajstić information content (AvgIpc) is 2.72. The van der Waals surface area contributed by atoms with Crippen LogP contribution in [0.3, 0.4) is 0 Å². The molecule has 6 heteroatoms. The van der Waals surface area contributed by atoms with Crippen molar-refractivity contribution in [3.8, 4) is 0 Å². The van der Waals surface area contributed by atoms with Crippen LogP contribution in [-0.4, -0.2) is 58.9 Å². The predicted octanol–water partition coefficient (Wildman–Crippen LogP) is 2.91. The molecular weight excluding hydrogens is 344 g/mol. The van der Waals surface area contributed by atoms with Gasteiger partial charge in [-0.2, -0.15) is 0 Å². The van der Waals surface area contributed by atoms with E-state index in [1.165, 1.54) is 32.1 Å². The van der Waals surface area contributed by atoms with Gasteiger partial charge in [-0.3, -0.25) is 14.4 Å². The Morgan fingerprint density at radius 3 is 1.89 bits per heavy atom. The van der Waals surface area contributed by atoms with Crippen molar-refractivity contribution in [1.29, 1.82) is 0 Å². The number of hydrogen-bond donors (Lipinski definition) is 1. The largest absolute Gasteiger partial charge is 0.481 e. The average molecular weight is 379 g/mol. The second-order valence-corrected chi connectivity index (χ2v) is 8.64. The monoisotopic (exact) mass is 378 g/mol. The number of carbonyl (C=O) groups is 3. The highest BCUT2D eigenvalue weighted by molar-refractivity contribution is 5.80. The van der Waals surface area contributed by atoms with E-state index in [4.69, 9.17) is 5.11 Å². The zero-order valence-corrected chi connectivity index (χ0v) is 16.4. The van der Waals surface area contributed by atoms with Crippen LogP contribution in [0.2, 0.25) is 0 Å². The second kappa shape index (κ2) is 9.56. The Balaban J connectivity index is 1.37. The molecule has 1 N–H and O–H groups in total. The molecular formula is C21H34N2O4. The van der Waals surface area contributed by atoms with E-state index < -0.39 is 5.97 Å². The number of carbonyl (C=O) groups excluding carboxylic acids is 2. The van der Waals surface area contributed by atoms with Gasteiger partial charge in [0, 0.05) is 38.5 Å². The lowest BCUT2D eigenvalue weighted by atomic mass is 9.81. The van der Waals surface area contributed by atoms with Crippen molar-refractivity contribution in [2.24, 2.45) is 17.8 Å². The summed E-state index contributed by atoms with van der Waals surface area (Å²) in [6.07, 6.45) is 10.8. The molecule has 3 aliphatic rings. The number of hydrogen-bond acceptors (Lipinski definition) is 3. The van der Waals surface area contributed by atoms with Gasteiger partial charge in [-0.05, 0) is 38.0 Å². The van der Waals surface area contributed by atoms with E-state index in [2.05, 4.69) is 0 Å². The predicted molar refractivity (Wildman–Crippen MR) is 102 cm³/mol. The Morgan fingerprint density at radius 2 is 1.30 bits per heavy atom. The molecule has 2 aliphatic carbocycles. The number of nitrogens with zero attached hydrogens (tertiary/aromatic N) is 2. The fourth-order valence-corrected chi connectivity index (χ4v) is 4.98. The number of rotatable bonds is 5. The van der Waals surface area contributed by atoms with E-state index >= 15 is 0 Å². The van der Waals surface area contributed by atoms with Crippen LogP contribution in [0.5, 0.6) is 0 Å². The van der Waals surface area contributed by atoms with Crippen LogP contribution >= 0.6 is 0 Å². The lowest BCUT2D eigenvalue weighted by Gasteiger charge is -2.37. The maximum atomic E-state index is 12.7. The van der Waals surface area contributed by atoms with E-state index in [0.717, 1.165) is 12.3 Å². The number of amides is 2. The van der Waals surface area contributed by atoms with E-state index in [9.17, 15) is 14.4 Å². The zero-order valence-electron chi connectivity index (χ0n) is 16.4. The summed E-state index contributed by atoms with van der Waals surface area (Å²) in [6, 6.07) is 0.